The Morgan fingerprint density at radius 3 is 2.81 bits per heavy atom. The highest BCUT2D eigenvalue weighted by Gasteiger charge is 2.47. The van der Waals surface area contributed by atoms with Crippen molar-refractivity contribution in [3.8, 4) is 0 Å². The van der Waals surface area contributed by atoms with Gasteiger partial charge in [0.1, 0.15) is 0 Å². The fourth-order valence-corrected chi connectivity index (χ4v) is 4.03. The number of benzene rings is 1. The van der Waals surface area contributed by atoms with Crippen molar-refractivity contribution in [2.24, 2.45) is 5.92 Å². The third-order valence-electron chi connectivity index (χ3n) is 4.81. The lowest BCUT2D eigenvalue weighted by molar-refractivity contribution is -0.147. The first-order valence-electron chi connectivity index (χ1n) is 7.65. The number of hydrogen-bond donors (Lipinski definition) is 0. The summed E-state index contributed by atoms with van der Waals surface area (Å²) in [7, 11) is 2.11. The van der Waals surface area contributed by atoms with Gasteiger partial charge < -0.3 is 4.74 Å². The molecule has 0 amide bonds. The summed E-state index contributed by atoms with van der Waals surface area (Å²) < 4.78 is 5.21. The minimum absolute atomic E-state index is 0.0663. The van der Waals surface area contributed by atoms with Crippen LogP contribution in [0.25, 0.3) is 5.57 Å². The number of ether oxygens (including phenoxy) is 1. The van der Waals surface area contributed by atoms with E-state index in [-0.39, 0.29) is 17.3 Å². The molecule has 1 aromatic rings. The van der Waals surface area contributed by atoms with Crippen molar-refractivity contribution in [3.05, 3.63) is 41.5 Å². The van der Waals surface area contributed by atoms with E-state index in [9.17, 15) is 4.79 Å². The van der Waals surface area contributed by atoms with Gasteiger partial charge in [-0.3, -0.25) is 9.69 Å². The maximum absolute atomic E-state index is 12.1. The molecule has 3 rings (SSSR count). The van der Waals surface area contributed by atoms with Crippen LogP contribution in [0.1, 0.15) is 31.9 Å². The molecule has 0 bridgehead atoms. The van der Waals surface area contributed by atoms with Crippen LogP contribution >= 0.6 is 0 Å². The molecule has 0 radical (unpaired) electrons. The van der Waals surface area contributed by atoms with Gasteiger partial charge in [0.15, 0.2) is 0 Å². The summed E-state index contributed by atoms with van der Waals surface area (Å²) in [6.07, 6.45) is 2.14. The quantitative estimate of drug-likeness (QED) is 0.783. The Bertz CT molecular complexity index is 603. The van der Waals surface area contributed by atoms with E-state index in [4.69, 9.17) is 4.74 Å². The number of fused-ring (bicyclic) bond motifs is 3. The number of nitrogens with zero attached hydrogens (tertiary/aromatic N) is 1. The lowest BCUT2D eigenvalue weighted by Crippen LogP contribution is -2.48. The first-order chi connectivity index (χ1) is 9.96. The number of carbonyl (C=O) groups excluding carboxylic acids is 1. The average Bonchev–Trinajstić information content (AvgIpc) is 2.68. The first-order valence-corrected chi connectivity index (χ1v) is 7.65. The standard InChI is InChI=1S/C18H23NO2/c1-5-21-17(20)12-10-14-13-8-6-7-9-15(13)18(2,3)16(14)19(4)11-12/h6-10,12,16H,5,11H2,1-4H3/t12-,16-/m0/s1. The fourth-order valence-electron chi connectivity index (χ4n) is 4.03. The zero-order valence-corrected chi connectivity index (χ0v) is 13.2. The van der Waals surface area contributed by atoms with Crippen LogP contribution < -0.4 is 0 Å². The SMILES string of the molecule is CCOC(=O)[C@H]1C=C2c3ccccc3C(C)(C)[C@H]2N(C)C1. The van der Waals surface area contributed by atoms with Gasteiger partial charge in [0, 0.05) is 18.0 Å². The number of hydrogen-bond acceptors (Lipinski definition) is 3. The maximum Gasteiger partial charge on any atom is 0.314 e. The Labute approximate surface area is 126 Å². The molecular formula is C18H23NO2. The maximum atomic E-state index is 12.1. The van der Waals surface area contributed by atoms with Gasteiger partial charge in [0.2, 0.25) is 0 Å². The highest BCUT2D eigenvalue weighted by Crippen LogP contribution is 2.49. The largest absolute Gasteiger partial charge is 0.466 e. The van der Waals surface area contributed by atoms with E-state index < -0.39 is 0 Å². The minimum atomic E-state index is -0.164. The summed E-state index contributed by atoms with van der Waals surface area (Å²) in [5.41, 5.74) is 4.00. The minimum Gasteiger partial charge on any atom is -0.466 e. The monoisotopic (exact) mass is 285 g/mol. The van der Waals surface area contributed by atoms with E-state index in [2.05, 4.69) is 56.1 Å². The number of rotatable bonds is 2. The molecule has 2 aliphatic rings. The van der Waals surface area contributed by atoms with Crippen molar-refractivity contribution in [1.82, 2.24) is 4.90 Å². The third kappa shape index (κ3) is 2.11. The van der Waals surface area contributed by atoms with Gasteiger partial charge in [-0.2, -0.15) is 0 Å². The van der Waals surface area contributed by atoms with Gasteiger partial charge in [0.25, 0.3) is 0 Å². The van der Waals surface area contributed by atoms with Crippen LogP contribution in [0.15, 0.2) is 30.3 Å². The van der Waals surface area contributed by atoms with E-state index >= 15 is 0 Å². The molecule has 0 unspecified atom stereocenters. The molecule has 21 heavy (non-hydrogen) atoms. The molecule has 1 aliphatic carbocycles. The van der Waals surface area contributed by atoms with Crippen molar-refractivity contribution in [2.45, 2.75) is 32.2 Å². The molecule has 0 saturated carbocycles. The summed E-state index contributed by atoms with van der Waals surface area (Å²) in [5.74, 6) is -0.277. The molecule has 1 aromatic carbocycles. The molecule has 0 spiro atoms. The smallest absolute Gasteiger partial charge is 0.314 e. The molecule has 1 aliphatic heterocycles. The topological polar surface area (TPSA) is 29.5 Å². The second-order valence-electron chi connectivity index (χ2n) is 6.59. The third-order valence-corrected chi connectivity index (χ3v) is 4.81. The van der Waals surface area contributed by atoms with E-state index in [1.54, 1.807) is 0 Å². The Morgan fingerprint density at radius 2 is 2.10 bits per heavy atom. The van der Waals surface area contributed by atoms with Crippen molar-refractivity contribution in [3.63, 3.8) is 0 Å². The van der Waals surface area contributed by atoms with Gasteiger partial charge in [0.05, 0.1) is 12.5 Å². The van der Waals surface area contributed by atoms with Gasteiger partial charge in [-0.15, -0.1) is 0 Å². The normalized spacial score (nSPS) is 26.8. The van der Waals surface area contributed by atoms with Gasteiger partial charge in [-0.25, -0.2) is 0 Å². The van der Waals surface area contributed by atoms with Crippen LogP contribution in [-0.2, 0) is 14.9 Å². The van der Waals surface area contributed by atoms with Crippen LogP contribution in [0, 0.1) is 5.92 Å². The van der Waals surface area contributed by atoms with Crippen molar-refractivity contribution in [2.75, 3.05) is 20.2 Å². The highest BCUT2D eigenvalue weighted by atomic mass is 16.5. The van der Waals surface area contributed by atoms with E-state index in [0.29, 0.717) is 12.6 Å². The molecular weight excluding hydrogens is 262 g/mol. The number of carbonyl (C=O) groups is 1. The summed E-state index contributed by atoms with van der Waals surface area (Å²) in [6, 6.07) is 8.89. The van der Waals surface area contributed by atoms with Crippen LogP contribution in [0.5, 0.6) is 0 Å². The van der Waals surface area contributed by atoms with Crippen LogP contribution in [0.4, 0.5) is 0 Å². The summed E-state index contributed by atoms with van der Waals surface area (Å²) >= 11 is 0. The predicted octanol–water partition coefficient (Wildman–Crippen LogP) is 2.85. The zero-order chi connectivity index (χ0) is 15.2. The van der Waals surface area contributed by atoms with Crippen LogP contribution in [0.3, 0.4) is 0 Å². The highest BCUT2D eigenvalue weighted by molar-refractivity contribution is 5.85. The van der Waals surface area contributed by atoms with E-state index in [0.717, 1.165) is 6.54 Å². The predicted molar refractivity (Wildman–Crippen MR) is 84.0 cm³/mol. The summed E-state index contributed by atoms with van der Waals surface area (Å²) in [6.45, 7) is 7.60. The van der Waals surface area contributed by atoms with Gasteiger partial charge in [-0.1, -0.05) is 44.2 Å². The molecule has 3 heteroatoms. The molecule has 2 atom stereocenters. The zero-order valence-electron chi connectivity index (χ0n) is 13.2. The van der Waals surface area contributed by atoms with Crippen molar-refractivity contribution >= 4 is 11.5 Å². The summed E-state index contributed by atoms with van der Waals surface area (Å²) in [5, 5.41) is 0. The van der Waals surface area contributed by atoms with Crippen molar-refractivity contribution < 1.29 is 9.53 Å². The lowest BCUT2D eigenvalue weighted by atomic mass is 9.80. The number of likely N-dealkylation sites (N-methyl/N-ethyl adjacent to an activating group) is 1. The van der Waals surface area contributed by atoms with Crippen molar-refractivity contribution in [1.29, 1.82) is 0 Å². The average molecular weight is 285 g/mol. The molecule has 1 heterocycles. The molecule has 0 N–H and O–H groups in total. The van der Waals surface area contributed by atoms with Gasteiger partial charge in [-0.05, 0) is 30.7 Å². The Balaban J connectivity index is 2.07. The molecule has 112 valence electrons. The van der Waals surface area contributed by atoms with E-state index in [1.165, 1.54) is 16.7 Å². The molecule has 0 aromatic heterocycles. The first kappa shape index (κ1) is 14.3. The lowest BCUT2D eigenvalue weighted by Gasteiger charge is -2.40. The summed E-state index contributed by atoms with van der Waals surface area (Å²) in [4.78, 5) is 14.4. The second kappa shape index (κ2) is 4.99. The van der Waals surface area contributed by atoms with Crippen LogP contribution in [-0.4, -0.2) is 37.1 Å². The molecule has 3 nitrogen and oxygen atoms in total. The van der Waals surface area contributed by atoms with E-state index in [1.807, 2.05) is 6.92 Å². The van der Waals surface area contributed by atoms with Crippen LogP contribution in [0.2, 0.25) is 0 Å². The Morgan fingerprint density at radius 1 is 1.38 bits per heavy atom. The Kier molecular flexibility index (Phi) is 3.40. The fraction of sp³-hybridized carbons (Fsp3) is 0.500. The van der Waals surface area contributed by atoms with Gasteiger partial charge >= 0.3 is 5.97 Å². The number of esters is 1. The molecule has 0 fully saturated rings. The Hall–Kier alpha value is -1.61. The molecule has 0 saturated heterocycles. The second-order valence-corrected chi connectivity index (χ2v) is 6.59.